The van der Waals surface area contributed by atoms with Gasteiger partial charge in [0.15, 0.2) is 0 Å². The van der Waals surface area contributed by atoms with Gasteiger partial charge in [-0.2, -0.15) is 0 Å². The lowest BCUT2D eigenvalue weighted by Gasteiger charge is -2.48. The van der Waals surface area contributed by atoms with Crippen LogP contribution in [0.5, 0.6) is 0 Å². The van der Waals surface area contributed by atoms with Gasteiger partial charge in [0.25, 0.3) is 0 Å². The number of rotatable bonds is 1. The SMILES string of the molecule is Cc1cc(C#Cc2cccc(F)c2)cc2c1[C@@H](N1CC(C)(O)C1)CC2. The maximum atomic E-state index is 13.3. The van der Waals surface area contributed by atoms with Gasteiger partial charge in [-0.3, -0.25) is 4.90 Å². The Kier molecular flexibility index (Phi) is 3.91. The average molecular weight is 335 g/mol. The molecule has 1 heterocycles. The highest BCUT2D eigenvalue weighted by molar-refractivity contribution is 5.51. The highest BCUT2D eigenvalue weighted by atomic mass is 19.1. The van der Waals surface area contributed by atoms with E-state index in [0.717, 1.165) is 31.5 Å². The minimum Gasteiger partial charge on any atom is -0.388 e. The molecule has 1 saturated heterocycles. The van der Waals surface area contributed by atoms with Crippen LogP contribution in [0.4, 0.5) is 4.39 Å². The minimum atomic E-state index is -0.535. The molecule has 1 fully saturated rings. The summed E-state index contributed by atoms with van der Waals surface area (Å²) >= 11 is 0. The summed E-state index contributed by atoms with van der Waals surface area (Å²) < 4.78 is 13.3. The van der Waals surface area contributed by atoms with Crippen molar-refractivity contribution in [3.63, 3.8) is 0 Å². The number of hydrogen-bond acceptors (Lipinski definition) is 2. The summed E-state index contributed by atoms with van der Waals surface area (Å²) in [6, 6.07) is 11.1. The Hall–Kier alpha value is -2.15. The number of nitrogens with zero attached hydrogens (tertiary/aromatic N) is 1. The van der Waals surface area contributed by atoms with Crippen LogP contribution in [0.25, 0.3) is 0 Å². The second-order valence-electron chi connectivity index (χ2n) is 7.58. The molecular formula is C22H22FNO. The average Bonchev–Trinajstić information content (AvgIpc) is 2.95. The van der Waals surface area contributed by atoms with E-state index in [-0.39, 0.29) is 5.82 Å². The summed E-state index contributed by atoms with van der Waals surface area (Å²) in [7, 11) is 0. The number of halogens is 1. The molecular weight excluding hydrogens is 313 g/mol. The van der Waals surface area contributed by atoms with E-state index in [0.29, 0.717) is 11.6 Å². The van der Waals surface area contributed by atoms with E-state index in [9.17, 15) is 9.50 Å². The number of aliphatic hydroxyl groups is 1. The van der Waals surface area contributed by atoms with Crippen molar-refractivity contribution in [2.45, 2.75) is 38.3 Å². The number of hydrogen-bond donors (Lipinski definition) is 1. The molecule has 2 nitrogen and oxygen atoms in total. The molecule has 1 N–H and O–H groups in total. The second kappa shape index (κ2) is 5.98. The lowest BCUT2D eigenvalue weighted by Crippen LogP contribution is -2.60. The fraction of sp³-hybridized carbons (Fsp3) is 0.364. The third-order valence-corrected chi connectivity index (χ3v) is 5.20. The first-order valence-corrected chi connectivity index (χ1v) is 8.79. The summed E-state index contributed by atoms with van der Waals surface area (Å²) in [5, 5.41) is 10.0. The van der Waals surface area contributed by atoms with Gasteiger partial charge in [0.05, 0.1) is 5.60 Å². The summed E-state index contributed by atoms with van der Waals surface area (Å²) in [6.45, 7) is 5.54. The predicted molar refractivity (Wildman–Crippen MR) is 96.8 cm³/mol. The van der Waals surface area contributed by atoms with Crippen molar-refractivity contribution in [3.8, 4) is 11.8 Å². The van der Waals surface area contributed by atoms with Crippen LogP contribution in [-0.4, -0.2) is 28.7 Å². The molecule has 1 aliphatic heterocycles. The maximum absolute atomic E-state index is 13.3. The van der Waals surface area contributed by atoms with E-state index in [2.05, 4.69) is 35.8 Å². The Morgan fingerprint density at radius 2 is 1.92 bits per heavy atom. The first kappa shape index (κ1) is 16.3. The van der Waals surface area contributed by atoms with Crippen molar-refractivity contribution in [3.05, 3.63) is 70.0 Å². The highest BCUT2D eigenvalue weighted by Crippen LogP contribution is 2.42. The largest absolute Gasteiger partial charge is 0.388 e. The fourth-order valence-electron chi connectivity index (χ4n) is 4.19. The normalized spacial score (nSPS) is 21.2. The van der Waals surface area contributed by atoms with Gasteiger partial charge in [-0.05, 0) is 73.7 Å². The molecule has 25 heavy (non-hydrogen) atoms. The standard InChI is InChI=1S/C22H22FNO/c1-15-10-17(7-6-16-4-3-5-19(23)12-16)11-18-8-9-20(21(15)18)24-13-22(2,25)14-24/h3-5,10-12,20,25H,8-9,13-14H2,1-2H3/t20-/m0/s1. The zero-order valence-electron chi connectivity index (χ0n) is 14.6. The maximum Gasteiger partial charge on any atom is 0.124 e. The highest BCUT2D eigenvalue weighted by Gasteiger charge is 2.42. The van der Waals surface area contributed by atoms with Crippen molar-refractivity contribution in [2.75, 3.05) is 13.1 Å². The van der Waals surface area contributed by atoms with Gasteiger partial charge < -0.3 is 5.11 Å². The van der Waals surface area contributed by atoms with Gasteiger partial charge >= 0.3 is 0 Å². The molecule has 0 radical (unpaired) electrons. The van der Waals surface area contributed by atoms with Gasteiger partial charge in [0.1, 0.15) is 5.82 Å². The third-order valence-electron chi connectivity index (χ3n) is 5.20. The van der Waals surface area contributed by atoms with E-state index < -0.39 is 5.60 Å². The summed E-state index contributed by atoms with van der Waals surface area (Å²) in [5.74, 6) is 5.97. The van der Waals surface area contributed by atoms with Crippen molar-refractivity contribution in [1.82, 2.24) is 4.90 Å². The van der Waals surface area contributed by atoms with Gasteiger partial charge in [-0.25, -0.2) is 4.39 Å². The molecule has 0 spiro atoms. The van der Waals surface area contributed by atoms with Gasteiger partial charge in [-0.1, -0.05) is 17.9 Å². The fourth-order valence-corrected chi connectivity index (χ4v) is 4.19. The van der Waals surface area contributed by atoms with E-state index in [1.54, 1.807) is 6.07 Å². The van der Waals surface area contributed by atoms with Crippen LogP contribution in [0.1, 0.15) is 47.2 Å². The molecule has 3 heteroatoms. The van der Waals surface area contributed by atoms with Crippen LogP contribution < -0.4 is 0 Å². The van der Waals surface area contributed by atoms with Crippen molar-refractivity contribution in [1.29, 1.82) is 0 Å². The number of benzene rings is 2. The van der Waals surface area contributed by atoms with Crippen molar-refractivity contribution in [2.24, 2.45) is 0 Å². The summed E-state index contributed by atoms with van der Waals surface area (Å²) in [6.07, 6.45) is 2.15. The summed E-state index contributed by atoms with van der Waals surface area (Å²) in [5.41, 5.74) is 5.17. The van der Waals surface area contributed by atoms with Crippen LogP contribution in [0, 0.1) is 24.6 Å². The van der Waals surface area contributed by atoms with Gasteiger partial charge in [-0.15, -0.1) is 0 Å². The molecule has 2 aromatic carbocycles. The Labute approximate surface area is 148 Å². The summed E-state index contributed by atoms with van der Waals surface area (Å²) in [4.78, 5) is 2.37. The van der Waals surface area contributed by atoms with Crippen molar-refractivity contribution >= 4 is 0 Å². The third kappa shape index (κ3) is 3.20. The number of likely N-dealkylation sites (tertiary alicyclic amines) is 1. The molecule has 128 valence electrons. The number of fused-ring (bicyclic) bond motifs is 1. The smallest absolute Gasteiger partial charge is 0.124 e. The van der Waals surface area contributed by atoms with Crippen LogP contribution >= 0.6 is 0 Å². The monoisotopic (exact) mass is 335 g/mol. The number of β-amino-alcohol motifs (C(OH)–C–C–N with tert-alkyl or cyclic N) is 1. The van der Waals surface area contributed by atoms with E-state index in [1.807, 2.05) is 13.0 Å². The minimum absolute atomic E-state index is 0.259. The Morgan fingerprint density at radius 3 is 2.64 bits per heavy atom. The topological polar surface area (TPSA) is 23.5 Å². The predicted octanol–water partition coefficient (Wildman–Crippen LogP) is 3.59. The molecule has 1 aliphatic carbocycles. The van der Waals surface area contributed by atoms with Crippen LogP contribution in [-0.2, 0) is 6.42 Å². The Bertz CT molecular complexity index is 883. The first-order chi connectivity index (χ1) is 11.9. The van der Waals surface area contributed by atoms with E-state index in [1.165, 1.54) is 28.8 Å². The van der Waals surface area contributed by atoms with Crippen LogP contribution in [0.3, 0.4) is 0 Å². The number of aryl methyl sites for hydroxylation is 2. The lowest BCUT2D eigenvalue weighted by molar-refractivity contribution is -0.103. The Balaban J connectivity index is 1.59. The van der Waals surface area contributed by atoms with E-state index in [4.69, 9.17) is 0 Å². The second-order valence-corrected chi connectivity index (χ2v) is 7.58. The first-order valence-electron chi connectivity index (χ1n) is 8.79. The van der Waals surface area contributed by atoms with Crippen molar-refractivity contribution < 1.29 is 9.50 Å². The van der Waals surface area contributed by atoms with E-state index >= 15 is 0 Å². The zero-order valence-corrected chi connectivity index (χ0v) is 14.6. The lowest BCUT2D eigenvalue weighted by atomic mass is 9.91. The molecule has 4 rings (SSSR count). The van der Waals surface area contributed by atoms with Gasteiger partial charge in [0.2, 0.25) is 0 Å². The molecule has 0 saturated carbocycles. The van der Waals surface area contributed by atoms with Gasteiger partial charge in [0, 0.05) is 30.3 Å². The zero-order chi connectivity index (χ0) is 17.6. The molecule has 0 unspecified atom stereocenters. The van der Waals surface area contributed by atoms with Crippen LogP contribution in [0.15, 0.2) is 36.4 Å². The Morgan fingerprint density at radius 1 is 1.16 bits per heavy atom. The molecule has 2 aliphatic rings. The van der Waals surface area contributed by atoms with Crippen LogP contribution in [0.2, 0.25) is 0 Å². The molecule has 1 atom stereocenters. The molecule has 0 bridgehead atoms. The quantitative estimate of drug-likeness (QED) is 0.805. The molecule has 0 aromatic heterocycles. The molecule has 2 aromatic rings. The molecule has 0 amide bonds.